The molecular weight excluding hydrogens is 234 g/mol. The molecule has 0 radical (unpaired) electrons. The van der Waals surface area contributed by atoms with Crippen molar-refractivity contribution in [2.24, 2.45) is 5.92 Å². The number of Topliss-reactive ketones (excluding diaryl/α,β-unsaturated/α-hetero) is 1. The monoisotopic (exact) mass is 263 g/mol. The number of nitrogens with zero attached hydrogens (tertiary/aromatic N) is 1. The Balaban J connectivity index is 1.70. The molecular formula is C17H29NO. The van der Waals surface area contributed by atoms with Gasteiger partial charge in [0.1, 0.15) is 5.78 Å². The third-order valence-electron chi connectivity index (χ3n) is 5.70. The van der Waals surface area contributed by atoms with Crippen molar-refractivity contribution in [1.29, 1.82) is 0 Å². The molecule has 2 saturated carbocycles. The second-order valence-corrected chi connectivity index (χ2v) is 6.91. The molecule has 3 aliphatic rings. The maximum absolute atomic E-state index is 12.1. The molecule has 1 aliphatic heterocycles. The minimum atomic E-state index is 0.392. The van der Waals surface area contributed by atoms with Gasteiger partial charge in [-0.25, -0.2) is 0 Å². The molecule has 1 heterocycles. The van der Waals surface area contributed by atoms with Crippen molar-refractivity contribution in [2.75, 3.05) is 6.54 Å². The van der Waals surface area contributed by atoms with Gasteiger partial charge in [0.2, 0.25) is 0 Å². The predicted octanol–water partition coefficient (Wildman–Crippen LogP) is 3.93. The van der Waals surface area contributed by atoms with E-state index in [9.17, 15) is 4.79 Å². The average Bonchev–Trinajstić information content (AvgIpc) is 2.71. The number of hydrogen-bond donors (Lipinski definition) is 0. The van der Waals surface area contributed by atoms with Crippen LogP contribution in [0.2, 0.25) is 0 Å². The largest absolute Gasteiger partial charge is 0.299 e. The molecule has 2 heteroatoms. The van der Waals surface area contributed by atoms with Crippen LogP contribution in [0.3, 0.4) is 0 Å². The molecule has 1 saturated heterocycles. The van der Waals surface area contributed by atoms with E-state index in [1.54, 1.807) is 0 Å². The summed E-state index contributed by atoms with van der Waals surface area (Å²) in [4.78, 5) is 14.9. The van der Waals surface area contributed by atoms with E-state index in [4.69, 9.17) is 0 Å². The van der Waals surface area contributed by atoms with E-state index in [-0.39, 0.29) is 0 Å². The molecule has 0 bridgehead atoms. The molecule has 0 amide bonds. The summed E-state index contributed by atoms with van der Waals surface area (Å²) in [5.74, 6) is 0.967. The minimum Gasteiger partial charge on any atom is -0.299 e. The van der Waals surface area contributed by atoms with Crippen LogP contribution in [-0.2, 0) is 4.79 Å². The zero-order valence-electron chi connectivity index (χ0n) is 12.3. The van der Waals surface area contributed by atoms with Crippen molar-refractivity contribution < 1.29 is 4.79 Å². The zero-order chi connectivity index (χ0) is 13.1. The van der Waals surface area contributed by atoms with Crippen molar-refractivity contribution in [1.82, 2.24) is 4.90 Å². The van der Waals surface area contributed by atoms with Crippen LogP contribution in [0.1, 0.15) is 77.0 Å². The molecule has 0 N–H and O–H groups in total. The molecule has 3 fully saturated rings. The van der Waals surface area contributed by atoms with Crippen LogP contribution in [0.15, 0.2) is 0 Å². The van der Waals surface area contributed by atoms with Gasteiger partial charge in [-0.1, -0.05) is 32.1 Å². The summed E-state index contributed by atoms with van der Waals surface area (Å²) in [7, 11) is 0. The molecule has 108 valence electrons. The van der Waals surface area contributed by atoms with E-state index in [1.165, 1.54) is 70.8 Å². The third-order valence-corrected chi connectivity index (χ3v) is 5.70. The van der Waals surface area contributed by atoms with Crippen molar-refractivity contribution in [2.45, 2.75) is 89.1 Å². The normalized spacial score (nSPS) is 35.5. The van der Waals surface area contributed by atoms with E-state index in [0.29, 0.717) is 17.7 Å². The molecule has 2 nitrogen and oxygen atoms in total. The molecule has 0 spiro atoms. The van der Waals surface area contributed by atoms with Gasteiger partial charge in [-0.15, -0.1) is 0 Å². The van der Waals surface area contributed by atoms with Gasteiger partial charge in [0.15, 0.2) is 0 Å². The quantitative estimate of drug-likeness (QED) is 0.703. The second-order valence-electron chi connectivity index (χ2n) is 6.91. The number of likely N-dealkylation sites (tertiary alicyclic amines) is 1. The van der Waals surface area contributed by atoms with Crippen molar-refractivity contribution >= 4 is 5.78 Å². The van der Waals surface area contributed by atoms with Gasteiger partial charge < -0.3 is 0 Å². The standard InChI is InChI=1S/C17H29NO/c19-17-12-7-10-15(17)16-11-5-6-13-18(16)14-8-3-1-2-4-9-14/h14-16H,1-13H2. The number of carbonyl (C=O) groups is 1. The summed E-state index contributed by atoms with van der Waals surface area (Å²) in [6, 6.07) is 1.40. The van der Waals surface area contributed by atoms with E-state index in [2.05, 4.69) is 4.90 Å². The Morgan fingerprint density at radius 2 is 1.53 bits per heavy atom. The van der Waals surface area contributed by atoms with Crippen LogP contribution in [0.4, 0.5) is 0 Å². The topological polar surface area (TPSA) is 20.3 Å². The van der Waals surface area contributed by atoms with Crippen LogP contribution in [0.5, 0.6) is 0 Å². The lowest BCUT2D eigenvalue weighted by atomic mass is 9.86. The maximum Gasteiger partial charge on any atom is 0.137 e. The Morgan fingerprint density at radius 1 is 0.789 bits per heavy atom. The Hall–Kier alpha value is -0.370. The summed E-state index contributed by atoms with van der Waals surface area (Å²) >= 11 is 0. The number of ketones is 1. The third kappa shape index (κ3) is 3.04. The summed E-state index contributed by atoms with van der Waals surface area (Å²) in [6.07, 6.45) is 15.6. The molecule has 2 atom stereocenters. The Bertz CT molecular complexity index is 306. The summed E-state index contributed by atoms with van der Waals surface area (Å²) in [5.41, 5.74) is 0. The van der Waals surface area contributed by atoms with E-state index < -0.39 is 0 Å². The van der Waals surface area contributed by atoms with Gasteiger partial charge in [-0.3, -0.25) is 9.69 Å². The Kier molecular flexibility index (Phi) is 4.57. The number of rotatable bonds is 2. The first kappa shape index (κ1) is 13.6. The lowest BCUT2D eigenvalue weighted by Crippen LogP contribution is -2.50. The molecule has 0 aromatic carbocycles. The average molecular weight is 263 g/mol. The lowest BCUT2D eigenvalue weighted by Gasteiger charge is -2.43. The fourth-order valence-electron chi connectivity index (χ4n) is 4.70. The fourth-order valence-corrected chi connectivity index (χ4v) is 4.70. The molecule has 3 rings (SSSR count). The molecule has 0 aromatic heterocycles. The SMILES string of the molecule is O=C1CCCC1C1CCCCN1C1CCCCCC1. The van der Waals surface area contributed by atoms with Gasteiger partial charge in [0.05, 0.1) is 0 Å². The first-order valence-corrected chi connectivity index (χ1v) is 8.65. The number of carbonyl (C=O) groups excluding carboxylic acids is 1. The van der Waals surface area contributed by atoms with Crippen LogP contribution in [0.25, 0.3) is 0 Å². The Morgan fingerprint density at radius 3 is 2.21 bits per heavy atom. The lowest BCUT2D eigenvalue weighted by molar-refractivity contribution is -0.123. The minimum absolute atomic E-state index is 0.392. The molecule has 2 aliphatic carbocycles. The van der Waals surface area contributed by atoms with Gasteiger partial charge in [0.25, 0.3) is 0 Å². The summed E-state index contributed by atoms with van der Waals surface area (Å²) < 4.78 is 0. The van der Waals surface area contributed by atoms with Crippen LogP contribution >= 0.6 is 0 Å². The first-order valence-electron chi connectivity index (χ1n) is 8.65. The van der Waals surface area contributed by atoms with Gasteiger partial charge in [0, 0.05) is 24.4 Å². The van der Waals surface area contributed by atoms with Gasteiger partial charge >= 0.3 is 0 Å². The highest BCUT2D eigenvalue weighted by atomic mass is 16.1. The number of piperidine rings is 1. The van der Waals surface area contributed by atoms with E-state index in [0.717, 1.165) is 18.9 Å². The zero-order valence-corrected chi connectivity index (χ0v) is 12.3. The van der Waals surface area contributed by atoms with Crippen LogP contribution in [0, 0.1) is 5.92 Å². The van der Waals surface area contributed by atoms with E-state index >= 15 is 0 Å². The molecule has 0 aromatic rings. The van der Waals surface area contributed by atoms with Crippen LogP contribution < -0.4 is 0 Å². The maximum atomic E-state index is 12.1. The molecule has 19 heavy (non-hydrogen) atoms. The van der Waals surface area contributed by atoms with Gasteiger partial charge in [-0.05, 0) is 45.1 Å². The highest BCUT2D eigenvalue weighted by molar-refractivity contribution is 5.83. The smallest absolute Gasteiger partial charge is 0.137 e. The number of hydrogen-bond acceptors (Lipinski definition) is 2. The highest BCUT2D eigenvalue weighted by Crippen LogP contribution is 2.36. The predicted molar refractivity (Wildman–Crippen MR) is 78.2 cm³/mol. The van der Waals surface area contributed by atoms with Gasteiger partial charge in [-0.2, -0.15) is 0 Å². The van der Waals surface area contributed by atoms with Crippen molar-refractivity contribution in [3.8, 4) is 0 Å². The first-order chi connectivity index (χ1) is 9.36. The fraction of sp³-hybridized carbons (Fsp3) is 0.941. The summed E-state index contributed by atoms with van der Waals surface area (Å²) in [6.45, 7) is 1.26. The van der Waals surface area contributed by atoms with Crippen LogP contribution in [-0.4, -0.2) is 29.3 Å². The van der Waals surface area contributed by atoms with Crippen molar-refractivity contribution in [3.05, 3.63) is 0 Å². The molecule has 2 unspecified atom stereocenters. The highest BCUT2D eigenvalue weighted by Gasteiger charge is 2.39. The summed E-state index contributed by atoms with van der Waals surface area (Å²) in [5, 5.41) is 0. The van der Waals surface area contributed by atoms with Crippen molar-refractivity contribution in [3.63, 3.8) is 0 Å². The Labute approximate surface area is 117 Å². The van der Waals surface area contributed by atoms with E-state index in [1.807, 2.05) is 0 Å². The second kappa shape index (κ2) is 6.39.